The van der Waals surface area contributed by atoms with Crippen molar-refractivity contribution >= 4 is 17.2 Å². The van der Waals surface area contributed by atoms with Gasteiger partial charge in [0.25, 0.3) is 5.91 Å². The number of ether oxygens (including phenoxy) is 1. The molecule has 2 aliphatic heterocycles. The standard InChI is InChI=1S/C20H28N4O2S/c1-13(2)23-19(25)18-10-15-17(27-18)4-9-26-20(15)5-7-24(8-6-20)11-16-14(3)21-12-22-16/h10,12-13H,4-9,11H2,1-3H3,(H,21,22)(H,23,25). The Morgan fingerprint density at radius 3 is 2.89 bits per heavy atom. The Morgan fingerprint density at radius 1 is 1.44 bits per heavy atom. The van der Waals surface area contributed by atoms with Crippen LogP contribution in [0.4, 0.5) is 0 Å². The van der Waals surface area contributed by atoms with Gasteiger partial charge in [0.1, 0.15) is 0 Å². The predicted octanol–water partition coefficient (Wildman–Crippen LogP) is 2.98. The molecule has 0 radical (unpaired) electrons. The summed E-state index contributed by atoms with van der Waals surface area (Å²) in [6.45, 7) is 9.64. The third-order valence-corrected chi connectivity index (χ3v) is 6.82. The summed E-state index contributed by atoms with van der Waals surface area (Å²) in [6.07, 6.45) is 4.60. The number of carbonyl (C=O) groups excluding carboxylic acids is 1. The third kappa shape index (κ3) is 3.68. The number of aromatic amines is 1. The van der Waals surface area contributed by atoms with Gasteiger partial charge in [-0.1, -0.05) is 0 Å². The Morgan fingerprint density at radius 2 is 2.22 bits per heavy atom. The number of piperidine rings is 1. The molecule has 1 saturated heterocycles. The van der Waals surface area contributed by atoms with Crippen molar-refractivity contribution in [1.82, 2.24) is 20.2 Å². The number of nitrogens with one attached hydrogen (secondary N) is 2. The van der Waals surface area contributed by atoms with E-state index < -0.39 is 0 Å². The second-order valence-corrected chi connectivity index (χ2v) is 9.06. The average Bonchev–Trinajstić information content (AvgIpc) is 3.24. The SMILES string of the molecule is Cc1[nH]cnc1CN1CCC2(CC1)OCCc1sc(C(=O)NC(C)C)cc12. The zero-order valence-corrected chi connectivity index (χ0v) is 17.1. The molecule has 0 unspecified atom stereocenters. The van der Waals surface area contributed by atoms with Gasteiger partial charge < -0.3 is 15.0 Å². The van der Waals surface area contributed by atoms with Crippen molar-refractivity contribution in [2.75, 3.05) is 19.7 Å². The minimum absolute atomic E-state index is 0.0333. The van der Waals surface area contributed by atoms with Crippen molar-refractivity contribution in [3.63, 3.8) is 0 Å². The maximum Gasteiger partial charge on any atom is 0.261 e. The summed E-state index contributed by atoms with van der Waals surface area (Å²) in [7, 11) is 0. The van der Waals surface area contributed by atoms with Gasteiger partial charge in [0.2, 0.25) is 0 Å². The van der Waals surface area contributed by atoms with Crippen LogP contribution in [0, 0.1) is 6.92 Å². The van der Waals surface area contributed by atoms with Gasteiger partial charge in [-0.3, -0.25) is 9.69 Å². The van der Waals surface area contributed by atoms with Crippen LogP contribution in [-0.2, 0) is 23.3 Å². The van der Waals surface area contributed by atoms with Gasteiger partial charge in [0, 0.05) is 42.7 Å². The van der Waals surface area contributed by atoms with Crippen LogP contribution in [0.3, 0.4) is 0 Å². The summed E-state index contributed by atoms with van der Waals surface area (Å²) in [5, 5.41) is 3.01. The molecule has 7 heteroatoms. The zero-order valence-electron chi connectivity index (χ0n) is 16.3. The molecule has 0 atom stereocenters. The zero-order chi connectivity index (χ0) is 19.0. The molecule has 1 amide bonds. The molecule has 4 rings (SSSR count). The molecule has 0 aliphatic carbocycles. The number of likely N-dealkylation sites (tertiary alicyclic amines) is 1. The number of hydrogen-bond donors (Lipinski definition) is 2. The number of carbonyl (C=O) groups is 1. The fraction of sp³-hybridized carbons (Fsp3) is 0.600. The molecule has 6 nitrogen and oxygen atoms in total. The van der Waals surface area contributed by atoms with Gasteiger partial charge in [-0.05, 0) is 45.2 Å². The highest BCUT2D eigenvalue weighted by Crippen LogP contribution is 2.44. The minimum Gasteiger partial charge on any atom is -0.370 e. The van der Waals surface area contributed by atoms with E-state index in [1.165, 1.54) is 10.4 Å². The van der Waals surface area contributed by atoms with Crippen LogP contribution in [0.5, 0.6) is 0 Å². The average molecular weight is 389 g/mol. The van der Waals surface area contributed by atoms with Crippen LogP contribution in [0.2, 0.25) is 0 Å². The molecule has 27 heavy (non-hydrogen) atoms. The highest BCUT2D eigenvalue weighted by atomic mass is 32.1. The van der Waals surface area contributed by atoms with Crippen LogP contribution in [0.25, 0.3) is 0 Å². The second-order valence-electron chi connectivity index (χ2n) is 7.92. The van der Waals surface area contributed by atoms with Crippen LogP contribution in [0.1, 0.15) is 58.2 Å². The lowest BCUT2D eigenvalue weighted by atomic mass is 9.82. The molecule has 2 aromatic rings. The molecule has 2 aromatic heterocycles. The Kier molecular flexibility index (Phi) is 5.09. The summed E-state index contributed by atoms with van der Waals surface area (Å²) >= 11 is 1.64. The van der Waals surface area contributed by atoms with Gasteiger partial charge in [-0.2, -0.15) is 0 Å². The van der Waals surface area contributed by atoms with E-state index in [0.717, 1.165) is 61.8 Å². The number of amides is 1. The monoisotopic (exact) mass is 388 g/mol. The maximum atomic E-state index is 12.4. The number of fused-ring (bicyclic) bond motifs is 2. The van der Waals surface area contributed by atoms with E-state index in [1.54, 1.807) is 17.7 Å². The number of H-pyrrole nitrogens is 1. The molecule has 0 bridgehead atoms. The molecule has 2 N–H and O–H groups in total. The lowest BCUT2D eigenvalue weighted by Crippen LogP contribution is -2.46. The lowest BCUT2D eigenvalue weighted by Gasteiger charge is -2.44. The summed E-state index contributed by atoms with van der Waals surface area (Å²) in [4.78, 5) is 24.6. The number of aromatic nitrogens is 2. The van der Waals surface area contributed by atoms with Crippen molar-refractivity contribution in [1.29, 1.82) is 0 Å². The van der Waals surface area contributed by atoms with E-state index in [9.17, 15) is 4.79 Å². The highest BCUT2D eigenvalue weighted by molar-refractivity contribution is 7.14. The number of aryl methyl sites for hydroxylation is 1. The normalized spacial score (nSPS) is 19.4. The quantitative estimate of drug-likeness (QED) is 0.845. The Hall–Kier alpha value is -1.70. The molecule has 2 aliphatic rings. The Bertz CT molecular complexity index is 818. The molecule has 0 saturated carbocycles. The number of nitrogens with zero attached hydrogens (tertiary/aromatic N) is 2. The minimum atomic E-state index is -0.225. The first-order chi connectivity index (χ1) is 13.0. The van der Waals surface area contributed by atoms with Crippen LogP contribution < -0.4 is 5.32 Å². The predicted molar refractivity (Wildman–Crippen MR) is 106 cm³/mol. The summed E-state index contributed by atoms with van der Waals surface area (Å²) in [5.41, 5.74) is 3.30. The Labute approximate surface area is 164 Å². The fourth-order valence-electron chi connectivity index (χ4n) is 4.11. The molecule has 146 valence electrons. The van der Waals surface area contributed by atoms with Gasteiger partial charge in [-0.15, -0.1) is 11.3 Å². The van der Waals surface area contributed by atoms with Gasteiger partial charge in [0.15, 0.2) is 0 Å². The first kappa shape index (κ1) is 18.7. The largest absolute Gasteiger partial charge is 0.370 e. The molecular formula is C20H28N4O2S. The van der Waals surface area contributed by atoms with E-state index in [-0.39, 0.29) is 17.6 Å². The molecular weight excluding hydrogens is 360 g/mol. The number of hydrogen-bond acceptors (Lipinski definition) is 5. The van der Waals surface area contributed by atoms with E-state index >= 15 is 0 Å². The number of imidazole rings is 1. The van der Waals surface area contributed by atoms with Crippen molar-refractivity contribution in [3.8, 4) is 0 Å². The van der Waals surface area contributed by atoms with Crippen LogP contribution in [0.15, 0.2) is 12.4 Å². The summed E-state index contributed by atoms with van der Waals surface area (Å²) in [5.74, 6) is 0.0333. The first-order valence-corrected chi connectivity index (χ1v) is 10.6. The van der Waals surface area contributed by atoms with Gasteiger partial charge in [-0.25, -0.2) is 4.98 Å². The summed E-state index contributed by atoms with van der Waals surface area (Å²) < 4.78 is 6.34. The van der Waals surface area contributed by atoms with Crippen molar-refractivity contribution < 1.29 is 9.53 Å². The topological polar surface area (TPSA) is 70.2 Å². The Balaban J connectivity index is 1.48. The molecule has 0 aromatic carbocycles. The van der Waals surface area contributed by atoms with Crippen LogP contribution in [-0.4, -0.2) is 46.5 Å². The van der Waals surface area contributed by atoms with Crippen molar-refractivity contribution in [2.24, 2.45) is 0 Å². The smallest absolute Gasteiger partial charge is 0.261 e. The highest BCUT2D eigenvalue weighted by Gasteiger charge is 2.42. The van der Waals surface area contributed by atoms with Crippen LogP contribution >= 0.6 is 11.3 Å². The maximum absolute atomic E-state index is 12.4. The molecule has 1 spiro atoms. The van der Waals surface area contributed by atoms with Crippen molar-refractivity contribution in [3.05, 3.63) is 39.1 Å². The van der Waals surface area contributed by atoms with E-state index in [1.807, 2.05) is 13.8 Å². The van der Waals surface area contributed by atoms with E-state index in [2.05, 4.69) is 33.2 Å². The molecule has 1 fully saturated rings. The third-order valence-electron chi connectivity index (χ3n) is 5.62. The second kappa shape index (κ2) is 7.37. The first-order valence-electron chi connectivity index (χ1n) is 9.76. The van der Waals surface area contributed by atoms with Crippen molar-refractivity contribution in [2.45, 2.75) is 58.2 Å². The number of rotatable bonds is 4. The fourth-order valence-corrected chi connectivity index (χ4v) is 5.24. The lowest BCUT2D eigenvalue weighted by molar-refractivity contribution is -0.0982. The molecule has 4 heterocycles. The van der Waals surface area contributed by atoms with E-state index in [0.29, 0.717) is 0 Å². The van der Waals surface area contributed by atoms with Gasteiger partial charge >= 0.3 is 0 Å². The van der Waals surface area contributed by atoms with E-state index in [4.69, 9.17) is 4.74 Å². The summed E-state index contributed by atoms with van der Waals surface area (Å²) in [6, 6.07) is 2.24. The van der Waals surface area contributed by atoms with Gasteiger partial charge in [0.05, 0.1) is 29.1 Å². The number of thiophene rings is 1.